The lowest BCUT2D eigenvalue weighted by Gasteiger charge is -2.30. The van der Waals surface area contributed by atoms with Gasteiger partial charge in [0.05, 0.1) is 13.5 Å². The van der Waals surface area contributed by atoms with Crippen molar-refractivity contribution in [1.29, 1.82) is 0 Å². The van der Waals surface area contributed by atoms with Gasteiger partial charge in [-0.3, -0.25) is 9.59 Å². The van der Waals surface area contributed by atoms with Crippen molar-refractivity contribution in [3.8, 4) is 5.75 Å². The Kier molecular flexibility index (Phi) is 7.34. The number of hydrogen-bond donors (Lipinski definition) is 1. The average molecular weight is 372 g/mol. The molecule has 2 aromatic carbocycles. The first-order valence-corrected chi connectivity index (χ1v) is 8.87. The summed E-state index contributed by atoms with van der Waals surface area (Å²) < 4.78 is 19.2. The zero-order chi connectivity index (χ0) is 19.8. The predicted octanol–water partition coefficient (Wildman–Crippen LogP) is 2.93. The van der Waals surface area contributed by atoms with Gasteiger partial charge < -0.3 is 15.0 Å². The van der Waals surface area contributed by atoms with Crippen LogP contribution < -0.4 is 10.1 Å². The Balaban J connectivity index is 2.31. The van der Waals surface area contributed by atoms with Crippen LogP contribution in [0.4, 0.5) is 4.39 Å². The largest absolute Gasteiger partial charge is 0.497 e. The van der Waals surface area contributed by atoms with Crippen molar-refractivity contribution in [2.24, 2.45) is 0 Å². The predicted molar refractivity (Wildman–Crippen MR) is 102 cm³/mol. The number of halogens is 1. The molecule has 0 bridgehead atoms. The fraction of sp³-hybridized carbons (Fsp3) is 0.333. The van der Waals surface area contributed by atoms with E-state index in [-0.39, 0.29) is 24.8 Å². The number of carbonyl (C=O) groups excluding carboxylic acids is 2. The number of methoxy groups -OCH3 is 1. The van der Waals surface area contributed by atoms with Gasteiger partial charge in [0, 0.05) is 13.6 Å². The molecule has 27 heavy (non-hydrogen) atoms. The van der Waals surface area contributed by atoms with Crippen LogP contribution in [-0.2, 0) is 22.6 Å². The molecule has 0 saturated carbocycles. The molecule has 0 fully saturated rings. The molecule has 0 saturated heterocycles. The van der Waals surface area contributed by atoms with Gasteiger partial charge >= 0.3 is 0 Å². The maximum Gasteiger partial charge on any atom is 0.242 e. The molecule has 1 atom stereocenters. The van der Waals surface area contributed by atoms with Gasteiger partial charge in [-0.05, 0) is 35.7 Å². The normalized spacial score (nSPS) is 11.6. The summed E-state index contributed by atoms with van der Waals surface area (Å²) in [6, 6.07) is 12.9. The first kappa shape index (κ1) is 20.4. The van der Waals surface area contributed by atoms with Gasteiger partial charge in [-0.15, -0.1) is 0 Å². The van der Waals surface area contributed by atoms with Crippen LogP contribution in [0.1, 0.15) is 24.5 Å². The molecule has 0 heterocycles. The number of nitrogens with one attached hydrogen (secondary N) is 1. The van der Waals surface area contributed by atoms with Gasteiger partial charge in [-0.1, -0.05) is 37.3 Å². The molecule has 2 aromatic rings. The summed E-state index contributed by atoms with van der Waals surface area (Å²) in [6.45, 7) is 2.07. The Morgan fingerprint density at radius 3 is 2.56 bits per heavy atom. The summed E-state index contributed by atoms with van der Waals surface area (Å²) in [5, 5.41) is 2.60. The van der Waals surface area contributed by atoms with E-state index in [1.165, 1.54) is 18.0 Å². The van der Waals surface area contributed by atoms with Gasteiger partial charge in [-0.2, -0.15) is 0 Å². The number of nitrogens with zero attached hydrogens (tertiary/aromatic N) is 1. The van der Waals surface area contributed by atoms with E-state index >= 15 is 0 Å². The molecule has 6 heteroatoms. The minimum atomic E-state index is -0.638. The summed E-state index contributed by atoms with van der Waals surface area (Å²) in [6.07, 6.45) is 0.344. The summed E-state index contributed by atoms with van der Waals surface area (Å²) in [4.78, 5) is 26.8. The van der Waals surface area contributed by atoms with Crippen LogP contribution in [0.3, 0.4) is 0 Å². The highest BCUT2D eigenvalue weighted by Gasteiger charge is 2.28. The molecule has 144 valence electrons. The molecule has 2 rings (SSSR count). The zero-order valence-corrected chi connectivity index (χ0v) is 15.9. The smallest absolute Gasteiger partial charge is 0.242 e. The quantitative estimate of drug-likeness (QED) is 0.775. The van der Waals surface area contributed by atoms with E-state index in [2.05, 4.69) is 5.32 Å². The molecule has 5 nitrogen and oxygen atoms in total. The fourth-order valence-electron chi connectivity index (χ4n) is 2.96. The molecule has 1 N–H and O–H groups in total. The molecule has 0 aliphatic rings. The first-order valence-electron chi connectivity index (χ1n) is 8.87. The lowest BCUT2D eigenvalue weighted by molar-refractivity contribution is -0.140. The van der Waals surface area contributed by atoms with Crippen molar-refractivity contribution in [1.82, 2.24) is 10.2 Å². The summed E-state index contributed by atoms with van der Waals surface area (Å²) in [5.74, 6) is -0.317. The highest BCUT2D eigenvalue weighted by Crippen LogP contribution is 2.19. The van der Waals surface area contributed by atoms with Crippen LogP contribution >= 0.6 is 0 Å². The van der Waals surface area contributed by atoms with Crippen molar-refractivity contribution in [2.75, 3.05) is 14.2 Å². The van der Waals surface area contributed by atoms with E-state index in [0.717, 1.165) is 5.56 Å². The maximum atomic E-state index is 14.0. The minimum absolute atomic E-state index is 0.107. The maximum absolute atomic E-state index is 14.0. The van der Waals surface area contributed by atoms with Crippen molar-refractivity contribution >= 4 is 11.8 Å². The van der Waals surface area contributed by atoms with E-state index in [4.69, 9.17) is 4.74 Å². The molecule has 0 spiro atoms. The lowest BCUT2D eigenvalue weighted by atomic mass is 10.1. The molecule has 1 unspecified atom stereocenters. The highest BCUT2D eigenvalue weighted by molar-refractivity contribution is 5.88. The van der Waals surface area contributed by atoms with E-state index in [1.54, 1.807) is 25.3 Å². The van der Waals surface area contributed by atoms with Crippen LogP contribution in [0.25, 0.3) is 0 Å². The monoisotopic (exact) mass is 372 g/mol. The Hall–Kier alpha value is -2.89. The zero-order valence-electron chi connectivity index (χ0n) is 15.9. The van der Waals surface area contributed by atoms with Crippen molar-refractivity contribution in [2.45, 2.75) is 32.4 Å². The first-order chi connectivity index (χ1) is 13.0. The van der Waals surface area contributed by atoms with Crippen LogP contribution in [0, 0.1) is 5.82 Å². The second-order valence-electron chi connectivity index (χ2n) is 6.18. The Labute approximate surface area is 159 Å². The molecule has 0 aliphatic carbocycles. The second-order valence-corrected chi connectivity index (χ2v) is 6.18. The average Bonchev–Trinajstić information content (AvgIpc) is 2.69. The van der Waals surface area contributed by atoms with Gasteiger partial charge in [0.25, 0.3) is 0 Å². The van der Waals surface area contributed by atoms with Crippen molar-refractivity contribution in [3.63, 3.8) is 0 Å². The van der Waals surface area contributed by atoms with Crippen LogP contribution in [0.15, 0.2) is 48.5 Å². The second kappa shape index (κ2) is 9.71. The standard InChI is InChI=1S/C21H25FN2O3/c1-4-19(21(26)23-2)24(14-15-8-7-10-17(12-15)27-3)20(25)13-16-9-5-6-11-18(16)22/h5-12,19H,4,13-14H2,1-3H3,(H,23,26). The SMILES string of the molecule is CCC(C(=O)NC)N(Cc1cccc(OC)c1)C(=O)Cc1ccccc1F. The molecule has 0 aromatic heterocycles. The lowest BCUT2D eigenvalue weighted by Crippen LogP contribution is -2.48. The van der Waals surface area contributed by atoms with Crippen LogP contribution in [-0.4, -0.2) is 36.9 Å². The fourth-order valence-corrected chi connectivity index (χ4v) is 2.96. The molecule has 0 radical (unpaired) electrons. The van der Waals surface area contributed by atoms with E-state index in [1.807, 2.05) is 31.2 Å². The van der Waals surface area contributed by atoms with Crippen molar-refractivity contribution in [3.05, 3.63) is 65.5 Å². The number of benzene rings is 2. The highest BCUT2D eigenvalue weighted by atomic mass is 19.1. The Bertz CT molecular complexity index is 795. The van der Waals surface area contributed by atoms with Gasteiger partial charge in [0.15, 0.2) is 0 Å². The number of hydrogen-bond acceptors (Lipinski definition) is 3. The summed E-state index contributed by atoms with van der Waals surface area (Å²) in [5.41, 5.74) is 1.14. The van der Waals surface area contributed by atoms with Gasteiger partial charge in [0.1, 0.15) is 17.6 Å². The molecular formula is C21H25FN2O3. The third kappa shape index (κ3) is 5.29. The van der Waals surface area contributed by atoms with Gasteiger partial charge in [0.2, 0.25) is 11.8 Å². The molecule has 0 aliphatic heterocycles. The van der Waals surface area contributed by atoms with Gasteiger partial charge in [-0.25, -0.2) is 4.39 Å². The Morgan fingerprint density at radius 1 is 1.19 bits per heavy atom. The number of amides is 2. The van der Waals surface area contributed by atoms with Crippen molar-refractivity contribution < 1.29 is 18.7 Å². The van der Waals surface area contributed by atoms with Crippen LogP contribution in [0.5, 0.6) is 5.75 Å². The number of ether oxygens (including phenoxy) is 1. The van der Waals surface area contributed by atoms with E-state index in [0.29, 0.717) is 17.7 Å². The summed E-state index contributed by atoms with van der Waals surface area (Å²) >= 11 is 0. The third-order valence-corrected chi connectivity index (χ3v) is 4.42. The summed E-state index contributed by atoms with van der Waals surface area (Å²) in [7, 11) is 3.11. The third-order valence-electron chi connectivity index (χ3n) is 4.42. The number of rotatable bonds is 8. The Morgan fingerprint density at radius 2 is 1.93 bits per heavy atom. The number of likely N-dealkylation sites (N-methyl/N-ethyl adjacent to an activating group) is 1. The molecular weight excluding hydrogens is 347 g/mol. The minimum Gasteiger partial charge on any atom is -0.497 e. The van der Waals surface area contributed by atoms with E-state index in [9.17, 15) is 14.0 Å². The topological polar surface area (TPSA) is 58.6 Å². The van der Waals surface area contributed by atoms with Crippen LogP contribution in [0.2, 0.25) is 0 Å². The molecule has 2 amide bonds. The van der Waals surface area contributed by atoms with E-state index < -0.39 is 11.9 Å². The number of carbonyl (C=O) groups is 2.